The Labute approximate surface area is 120 Å². The predicted molar refractivity (Wildman–Crippen MR) is 82.6 cm³/mol. The van der Waals surface area contributed by atoms with Crippen LogP contribution in [0.25, 0.3) is 10.8 Å². The molecule has 0 aliphatic heterocycles. The highest BCUT2D eigenvalue weighted by Gasteiger charge is 2.08. The molecule has 3 heteroatoms. The molecule has 0 bridgehead atoms. The SMILES string of the molecule is CCN(CC)CCOc1ccc2ccccc2c1C=O. The van der Waals surface area contributed by atoms with Crippen LogP contribution in [0.1, 0.15) is 24.2 Å². The molecular formula is C17H21NO2. The zero-order valence-electron chi connectivity index (χ0n) is 12.1. The largest absolute Gasteiger partial charge is 0.491 e. The fraction of sp³-hybridized carbons (Fsp3) is 0.353. The van der Waals surface area contributed by atoms with Gasteiger partial charge in [0.2, 0.25) is 0 Å². The van der Waals surface area contributed by atoms with Crippen LogP contribution < -0.4 is 4.74 Å². The maximum atomic E-state index is 11.4. The highest BCUT2D eigenvalue weighted by molar-refractivity contribution is 6.00. The van der Waals surface area contributed by atoms with Crippen molar-refractivity contribution in [2.75, 3.05) is 26.2 Å². The molecule has 0 heterocycles. The number of carbonyl (C=O) groups excluding carboxylic acids is 1. The minimum absolute atomic E-state index is 0.598. The Hall–Kier alpha value is -1.87. The van der Waals surface area contributed by atoms with E-state index in [9.17, 15) is 4.79 Å². The number of nitrogens with zero attached hydrogens (tertiary/aromatic N) is 1. The number of benzene rings is 2. The summed E-state index contributed by atoms with van der Waals surface area (Å²) in [6, 6.07) is 11.7. The second-order valence-corrected chi connectivity index (χ2v) is 4.69. The van der Waals surface area contributed by atoms with Crippen molar-refractivity contribution in [3.63, 3.8) is 0 Å². The van der Waals surface area contributed by atoms with Gasteiger partial charge in [0.15, 0.2) is 6.29 Å². The van der Waals surface area contributed by atoms with Gasteiger partial charge in [-0.2, -0.15) is 0 Å². The van der Waals surface area contributed by atoms with Crippen LogP contribution in [0.2, 0.25) is 0 Å². The number of carbonyl (C=O) groups is 1. The van der Waals surface area contributed by atoms with Crippen molar-refractivity contribution in [1.29, 1.82) is 0 Å². The van der Waals surface area contributed by atoms with E-state index >= 15 is 0 Å². The standard InChI is InChI=1S/C17H21NO2/c1-3-18(4-2)11-12-20-17-10-9-14-7-5-6-8-15(14)16(17)13-19/h5-10,13H,3-4,11-12H2,1-2H3. The van der Waals surface area contributed by atoms with E-state index < -0.39 is 0 Å². The number of ether oxygens (including phenoxy) is 1. The molecule has 2 aromatic carbocycles. The van der Waals surface area contributed by atoms with E-state index in [-0.39, 0.29) is 0 Å². The summed E-state index contributed by atoms with van der Waals surface area (Å²) in [5.74, 6) is 0.672. The molecule has 20 heavy (non-hydrogen) atoms. The van der Waals surface area contributed by atoms with Gasteiger partial charge in [-0.3, -0.25) is 4.79 Å². The van der Waals surface area contributed by atoms with Gasteiger partial charge in [-0.1, -0.05) is 44.2 Å². The molecule has 0 fully saturated rings. The molecule has 2 rings (SSSR count). The molecule has 0 spiro atoms. The van der Waals surface area contributed by atoms with Crippen molar-refractivity contribution in [1.82, 2.24) is 4.90 Å². The number of aldehydes is 1. The summed E-state index contributed by atoms with van der Waals surface area (Å²) in [7, 11) is 0. The van der Waals surface area contributed by atoms with Gasteiger partial charge in [0, 0.05) is 6.54 Å². The summed E-state index contributed by atoms with van der Waals surface area (Å²) in [5, 5.41) is 2.01. The average molecular weight is 271 g/mol. The first-order valence-corrected chi connectivity index (χ1v) is 7.12. The van der Waals surface area contributed by atoms with Crippen molar-refractivity contribution >= 4 is 17.1 Å². The van der Waals surface area contributed by atoms with Crippen molar-refractivity contribution in [2.24, 2.45) is 0 Å². The van der Waals surface area contributed by atoms with Crippen LogP contribution in [-0.2, 0) is 0 Å². The third kappa shape index (κ3) is 3.17. The van der Waals surface area contributed by atoms with Crippen LogP contribution in [-0.4, -0.2) is 37.4 Å². The molecule has 0 aliphatic rings. The topological polar surface area (TPSA) is 29.5 Å². The predicted octanol–water partition coefficient (Wildman–Crippen LogP) is 3.37. The lowest BCUT2D eigenvalue weighted by atomic mass is 10.0. The molecule has 0 saturated heterocycles. The van der Waals surface area contributed by atoms with Crippen LogP contribution in [0, 0.1) is 0 Å². The lowest BCUT2D eigenvalue weighted by Crippen LogP contribution is -2.28. The number of fused-ring (bicyclic) bond motifs is 1. The first-order valence-electron chi connectivity index (χ1n) is 7.12. The van der Waals surface area contributed by atoms with Gasteiger partial charge in [-0.25, -0.2) is 0 Å². The summed E-state index contributed by atoms with van der Waals surface area (Å²) >= 11 is 0. The lowest BCUT2D eigenvalue weighted by molar-refractivity contribution is 0.112. The molecule has 0 saturated carbocycles. The summed E-state index contributed by atoms with van der Waals surface area (Å²) in [6.45, 7) is 7.77. The van der Waals surface area contributed by atoms with E-state index in [2.05, 4.69) is 18.7 Å². The Bertz CT molecular complexity index is 576. The number of hydrogen-bond donors (Lipinski definition) is 0. The second-order valence-electron chi connectivity index (χ2n) is 4.69. The molecule has 0 N–H and O–H groups in total. The highest BCUT2D eigenvalue weighted by Crippen LogP contribution is 2.26. The quantitative estimate of drug-likeness (QED) is 0.723. The van der Waals surface area contributed by atoms with E-state index in [4.69, 9.17) is 4.74 Å². The van der Waals surface area contributed by atoms with Crippen LogP contribution in [0.15, 0.2) is 36.4 Å². The third-order valence-corrected chi connectivity index (χ3v) is 3.61. The van der Waals surface area contributed by atoms with E-state index in [0.717, 1.165) is 36.7 Å². The molecule has 2 aromatic rings. The van der Waals surface area contributed by atoms with Gasteiger partial charge in [0.1, 0.15) is 12.4 Å². The average Bonchev–Trinajstić information content (AvgIpc) is 2.51. The lowest BCUT2D eigenvalue weighted by Gasteiger charge is -2.18. The molecule has 0 unspecified atom stereocenters. The summed E-state index contributed by atoms with van der Waals surface area (Å²) in [5.41, 5.74) is 0.641. The first kappa shape index (κ1) is 14.5. The van der Waals surface area contributed by atoms with E-state index in [1.165, 1.54) is 0 Å². The molecule has 0 atom stereocenters. The highest BCUT2D eigenvalue weighted by atomic mass is 16.5. The minimum atomic E-state index is 0.598. The van der Waals surface area contributed by atoms with Crippen LogP contribution in [0.4, 0.5) is 0 Å². The zero-order chi connectivity index (χ0) is 14.4. The monoisotopic (exact) mass is 271 g/mol. The van der Waals surface area contributed by atoms with Crippen molar-refractivity contribution < 1.29 is 9.53 Å². The maximum Gasteiger partial charge on any atom is 0.154 e. The fourth-order valence-corrected chi connectivity index (χ4v) is 2.35. The summed E-state index contributed by atoms with van der Waals surface area (Å²) < 4.78 is 5.80. The second kappa shape index (κ2) is 7.06. The van der Waals surface area contributed by atoms with E-state index in [1.807, 2.05) is 36.4 Å². The van der Waals surface area contributed by atoms with Crippen molar-refractivity contribution in [2.45, 2.75) is 13.8 Å². The van der Waals surface area contributed by atoms with Crippen molar-refractivity contribution in [3.05, 3.63) is 42.0 Å². The molecule has 106 valence electrons. The Morgan fingerprint density at radius 2 is 1.85 bits per heavy atom. The number of rotatable bonds is 7. The van der Waals surface area contributed by atoms with E-state index in [1.54, 1.807) is 0 Å². The van der Waals surface area contributed by atoms with Gasteiger partial charge in [-0.15, -0.1) is 0 Å². The Kier molecular flexibility index (Phi) is 5.13. The summed E-state index contributed by atoms with van der Waals surface area (Å²) in [4.78, 5) is 13.7. The molecule has 3 nitrogen and oxygen atoms in total. The van der Waals surface area contributed by atoms with Crippen LogP contribution >= 0.6 is 0 Å². The Morgan fingerprint density at radius 1 is 1.10 bits per heavy atom. The van der Waals surface area contributed by atoms with Gasteiger partial charge < -0.3 is 9.64 Å². The van der Waals surface area contributed by atoms with Crippen LogP contribution in [0.3, 0.4) is 0 Å². The van der Waals surface area contributed by atoms with Crippen molar-refractivity contribution in [3.8, 4) is 5.75 Å². The molecule has 0 aliphatic carbocycles. The smallest absolute Gasteiger partial charge is 0.154 e. The molecule has 0 amide bonds. The minimum Gasteiger partial charge on any atom is -0.491 e. The third-order valence-electron chi connectivity index (χ3n) is 3.61. The van der Waals surface area contributed by atoms with Gasteiger partial charge in [0.05, 0.1) is 5.56 Å². The Morgan fingerprint density at radius 3 is 2.55 bits per heavy atom. The Balaban J connectivity index is 2.16. The molecule has 0 radical (unpaired) electrons. The van der Waals surface area contributed by atoms with Gasteiger partial charge >= 0.3 is 0 Å². The van der Waals surface area contributed by atoms with Crippen LogP contribution in [0.5, 0.6) is 5.75 Å². The summed E-state index contributed by atoms with van der Waals surface area (Å²) in [6.07, 6.45) is 0.884. The number of hydrogen-bond acceptors (Lipinski definition) is 3. The van der Waals surface area contributed by atoms with Gasteiger partial charge in [-0.05, 0) is 29.9 Å². The number of likely N-dealkylation sites (N-methyl/N-ethyl adjacent to an activating group) is 1. The fourth-order valence-electron chi connectivity index (χ4n) is 2.35. The molecule has 0 aromatic heterocycles. The van der Waals surface area contributed by atoms with E-state index in [0.29, 0.717) is 17.9 Å². The maximum absolute atomic E-state index is 11.4. The first-order chi connectivity index (χ1) is 9.80. The zero-order valence-corrected chi connectivity index (χ0v) is 12.1. The molecular weight excluding hydrogens is 250 g/mol. The van der Waals surface area contributed by atoms with Gasteiger partial charge in [0.25, 0.3) is 0 Å². The normalized spacial score (nSPS) is 10.9.